The Balaban J connectivity index is 2.90. The fourth-order valence-electron chi connectivity index (χ4n) is 1.79. The Morgan fingerprint density at radius 1 is 0.875 bits per heavy atom. The van der Waals surface area contributed by atoms with E-state index in [1.165, 1.54) is 57.8 Å². The number of rotatable bonds is 11. The average molecular weight is 227 g/mol. The predicted molar refractivity (Wildman–Crippen MR) is 68.4 cm³/mol. The predicted octanol–water partition coefficient (Wildman–Crippen LogP) is 3.59. The van der Waals surface area contributed by atoms with Crippen molar-refractivity contribution in [2.24, 2.45) is 5.73 Å². The zero-order valence-electron chi connectivity index (χ0n) is 10.7. The van der Waals surface area contributed by atoms with Gasteiger partial charge in [-0.3, -0.25) is 0 Å². The Bertz CT molecular complexity index is 160. The van der Waals surface area contributed by atoms with Crippen molar-refractivity contribution in [3.8, 4) is 0 Å². The summed E-state index contributed by atoms with van der Waals surface area (Å²) in [4.78, 5) is 10.3. The maximum Gasteiger partial charge on any atom is 0.333 e. The number of nitrogens with zero attached hydrogens (tertiary/aromatic N) is 1. The molecule has 0 aromatic rings. The minimum absolute atomic E-state index is 0.532. The lowest BCUT2D eigenvalue weighted by molar-refractivity contribution is 0.248. The lowest BCUT2D eigenvalue weighted by Gasteiger charge is -2.01. The molecular formula is C13H27N2O. The summed E-state index contributed by atoms with van der Waals surface area (Å²) in [6, 6.07) is -0.532. The van der Waals surface area contributed by atoms with E-state index < -0.39 is 6.03 Å². The number of primary amides is 1. The van der Waals surface area contributed by atoms with Crippen molar-refractivity contribution >= 4 is 6.03 Å². The Hall–Kier alpha value is -0.730. The summed E-state index contributed by atoms with van der Waals surface area (Å²) >= 11 is 0. The highest BCUT2D eigenvalue weighted by molar-refractivity contribution is 5.71. The van der Waals surface area contributed by atoms with Gasteiger partial charge in [0.05, 0.1) is 0 Å². The molecule has 0 fully saturated rings. The van der Waals surface area contributed by atoms with Crippen LogP contribution in [0.4, 0.5) is 4.79 Å². The number of hydrogen-bond donors (Lipinski definition) is 1. The van der Waals surface area contributed by atoms with Crippen molar-refractivity contribution in [3.63, 3.8) is 0 Å². The van der Waals surface area contributed by atoms with Gasteiger partial charge in [0.15, 0.2) is 0 Å². The van der Waals surface area contributed by atoms with E-state index in [1.807, 2.05) is 0 Å². The molecule has 0 unspecified atom stereocenters. The molecule has 3 heteroatoms. The second-order valence-electron chi connectivity index (χ2n) is 4.40. The zero-order valence-corrected chi connectivity index (χ0v) is 10.7. The number of carbonyl (C=O) groups is 1. The minimum atomic E-state index is -0.532. The Morgan fingerprint density at radius 2 is 1.31 bits per heavy atom. The summed E-state index contributed by atoms with van der Waals surface area (Å²) in [7, 11) is 0. The SMILES string of the molecule is CCCCCCCCCCCC[N]C(N)=O. The Kier molecular flexibility index (Phi) is 11.8. The molecule has 0 aromatic carbocycles. The molecule has 0 heterocycles. The number of carbonyl (C=O) groups excluding carboxylic acids is 1. The molecule has 0 aliphatic heterocycles. The molecule has 3 nitrogen and oxygen atoms in total. The lowest BCUT2D eigenvalue weighted by Crippen LogP contribution is -2.23. The van der Waals surface area contributed by atoms with Gasteiger partial charge in [-0.05, 0) is 6.42 Å². The number of hydrogen-bond acceptors (Lipinski definition) is 1. The van der Waals surface area contributed by atoms with Gasteiger partial charge in [-0.1, -0.05) is 64.7 Å². The van der Waals surface area contributed by atoms with Gasteiger partial charge in [-0.2, -0.15) is 0 Å². The monoisotopic (exact) mass is 227 g/mol. The molecule has 0 rings (SSSR count). The van der Waals surface area contributed by atoms with Gasteiger partial charge in [0.2, 0.25) is 0 Å². The smallest absolute Gasteiger partial charge is 0.333 e. The molecule has 0 saturated carbocycles. The molecule has 0 aliphatic rings. The second-order valence-corrected chi connectivity index (χ2v) is 4.40. The molecule has 1 radical (unpaired) electrons. The molecule has 2 N–H and O–H groups in total. The first-order valence-electron chi connectivity index (χ1n) is 6.74. The molecule has 16 heavy (non-hydrogen) atoms. The molecule has 2 amide bonds. The van der Waals surface area contributed by atoms with Crippen LogP contribution in [0.2, 0.25) is 0 Å². The molecule has 0 aromatic heterocycles. The fourth-order valence-corrected chi connectivity index (χ4v) is 1.79. The average Bonchev–Trinajstić information content (AvgIpc) is 2.25. The molecule has 0 spiro atoms. The van der Waals surface area contributed by atoms with E-state index in [0.29, 0.717) is 6.54 Å². The van der Waals surface area contributed by atoms with E-state index in [2.05, 4.69) is 12.2 Å². The lowest BCUT2D eigenvalue weighted by atomic mass is 10.1. The number of nitrogens with two attached hydrogens (primary N) is 1. The first kappa shape index (κ1) is 15.3. The van der Waals surface area contributed by atoms with E-state index in [1.54, 1.807) is 0 Å². The van der Waals surface area contributed by atoms with Crippen LogP contribution in [-0.4, -0.2) is 12.6 Å². The van der Waals surface area contributed by atoms with Gasteiger partial charge in [0, 0.05) is 6.54 Å². The highest BCUT2D eigenvalue weighted by Crippen LogP contribution is 2.10. The number of amides is 2. The van der Waals surface area contributed by atoms with Crippen LogP contribution >= 0.6 is 0 Å². The summed E-state index contributed by atoms with van der Waals surface area (Å²) in [5.74, 6) is 0. The Morgan fingerprint density at radius 3 is 1.75 bits per heavy atom. The van der Waals surface area contributed by atoms with Gasteiger partial charge in [0.25, 0.3) is 0 Å². The molecule has 95 valence electrons. The largest absolute Gasteiger partial charge is 0.350 e. The van der Waals surface area contributed by atoms with E-state index in [-0.39, 0.29) is 0 Å². The highest BCUT2D eigenvalue weighted by atomic mass is 16.2. The third-order valence-electron chi connectivity index (χ3n) is 2.78. The van der Waals surface area contributed by atoms with Gasteiger partial charge in [-0.25, -0.2) is 10.1 Å². The van der Waals surface area contributed by atoms with Crippen molar-refractivity contribution < 1.29 is 4.79 Å². The normalized spacial score (nSPS) is 10.3. The van der Waals surface area contributed by atoms with Crippen molar-refractivity contribution in [2.75, 3.05) is 6.54 Å². The minimum Gasteiger partial charge on any atom is -0.350 e. The molecule has 0 aliphatic carbocycles. The third-order valence-corrected chi connectivity index (χ3v) is 2.78. The molecule has 0 bridgehead atoms. The van der Waals surface area contributed by atoms with E-state index in [9.17, 15) is 4.79 Å². The van der Waals surface area contributed by atoms with Crippen LogP contribution in [0.15, 0.2) is 0 Å². The van der Waals surface area contributed by atoms with Gasteiger partial charge >= 0.3 is 6.03 Å². The van der Waals surface area contributed by atoms with Gasteiger partial charge < -0.3 is 5.73 Å². The Labute approximate surface area is 100 Å². The molecule has 0 saturated heterocycles. The van der Waals surface area contributed by atoms with Crippen LogP contribution in [0.1, 0.15) is 71.1 Å². The van der Waals surface area contributed by atoms with Crippen LogP contribution in [0.25, 0.3) is 0 Å². The topological polar surface area (TPSA) is 57.2 Å². The standard InChI is InChI=1S/C13H27N2O/c1-2-3-4-5-6-7-8-9-10-11-12-15-13(14)16/h2-12H2,1H3,(H2,14,16). The summed E-state index contributed by atoms with van der Waals surface area (Å²) < 4.78 is 0. The van der Waals surface area contributed by atoms with Gasteiger partial charge in [0.1, 0.15) is 0 Å². The maximum absolute atomic E-state index is 10.3. The highest BCUT2D eigenvalue weighted by Gasteiger charge is 1.95. The van der Waals surface area contributed by atoms with Crippen LogP contribution in [0, 0.1) is 0 Å². The zero-order chi connectivity index (χ0) is 12.1. The van der Waals surface area contributed by atoms with Crippen molar-refractivity contribution in [3.05, 3.63) is 0 Å². The van der Waals surface area contributed by atoms with Crippen LogP contribution in [0.3, 0.4) is 0 Å². The van der Waals surface area contributed by atoms with Crippen LogP contribution < -0.4 is 11.1 Å². The molecular weight excluding hydrogens is 200 g/mol. The second kappa shape index (κ2) is 12.3. The summed E-state index contributed by atoms with van der Waals surface area (Å²) in [6.45, 7) is 2.85. The summed E-state index contributed by atoms with van der Waals surface area (Å²) in [6.07, 6.45) is 13.0. The van der Waals surface area contributed by atoms with E-state index in [0.717, 1.165) is 6.42 Å². The van der Waals surface area contributed by atoms with Crippen LogP contribution in [0.5, 0.6) is 0 Å². The van der Waals surface area contributed by atoms with Crippen molar-refractivity contribution in [1.29, 1.82) is 0 Å². The first-order chi connectivity index (χ1) is 7.77. The van der Waals surface area contributed by atoms with Crippen LogP contribution in [-0.2, 0) is 0 Å². The van der Waals surface area contributed by atoms with E-state index >= 15 is 0 Å². The maximum atomic E-state index is 10.3. The first-order valence-corrected chi connectivity index (χ1v) is 6.74. The summed E-state index contributed by atoms with van der Waals surface area (Å²) in [5.41, 5.74) is 4.91. The van der Waals surface area contributed by atoms with Crippen molar-refractivity contribution in [1.82, 2.24) is 5.32 Å². The van der Waals surface area contributed by atoms with Crippen molar-refractivity contribution in [2.45, 2.75) is 71.1 Å². The molecule has 0 atom stereocenters. The number of unbranched alkanes of at least 4 members (excludes halogenated alkanes) is 9. The number of urea groups is 1. The third kappa shape index (κ3) is 13.3. The quantitative estimate of drug-likeness (QED) is 0.539. The summed E-state index contributed by atoms with van der Waals surface area (Å²) in [5, 5.41) is 3.63. The van der Waals surface area contributed by atoms with E-state index in [4.69, 9.17) is 5.73 Å². The van der Waals surface area contributed by atoms with Gasteiger partial charge in [-0.15, -0.1) is 0 Å². The fraction of sp³-hybridized carbons (Fsp3) is 0.923.